The second-order valence-corrected chi connectivity index (χ2v) is 4.14. The molecule has 1 amide bonds. The van der Waals surface area contributed by atoms with Crippen LogP contribution in [0.4, 0.5) is 5.69 Å². The molecule has 0 aliphatic heterocycles. The lowest BCUT2D eigenvalue weighted by Crippen LogP contribution is -2.13. The highest BCUT2D eigenvalue weighted by Crippen LogP contribution is 2.43. The van der Waals surface area contributed by atoms with Gasteiger partial charge in [0.2, 0.25) is 5.91 Å². The fourth-order valence-electron chi connectivity index (χ4n) is 1.66. The van der Waals surface area contributed by atoms with Gasteiger partial charge in [0, 0.05) is 5.69 Å². The van der Waals surface area contributed by atoms with E-state index in [2.05, 4.69) is 11.4 Å². The Morgan fingerprint density at radius 1 is 1.56 bits per heavy atom. The SMILES string of the molecule is N#Cc1ccc(NC(=O)CCl)c(C2CC2)c1. The van der Waals surface area contributed by atoms with Crippen LogP contribution in [0.3, 0.4) is 0 Å². The lowest BCUT2D eigenvalue weighted by Gasteiger charge is -2.09. The minimum Gasteiger partial charge on any atom is -0.325 e. The van der Waals surface area contributed by atoms with Crippen LogP contribution >= 0.6 is 11.6 Å². The first-order chi connectivity index (χ1) is 7.74. The number of nitrogens with one attached hydrogen (secondary N) is 1. The summed E-state index contributed by atoms with van der Waals surface area (Å²) in [5.74, 6) is 0.219. The van der Waals surface area contributed by atoms with Crippen molar-refractivity contribution < 1.29 is 4.79 Å². The van der Waals surface area contributed by atoms with Gasteiger partial charge in [0.25, 0.3) is 0 Å². The number of hydrogen-bond acceptors (Lipinski definition) is 2. The Morgan fingerprint density at radius 2 is 2.31 bits per heavy atom. The summed E-state index contributed by atoms with van der Waals surface area (Å²) >= 11 is 5.44. The number of amides is 1. The molecule has 1 saturated carbocycles. The number of nitrogens with zero attached hydrogens (tertiary/aromatic N) is 1. The van der Waals surface area contributed by atoms with Gasteiger partial charge in [-0.1, -0.05) is 0 Å². The number of hydrogen-bond donors (Lipinski definition) is 1. The zero-order chi connectivity index (χ0) is 11.5. The number of nitriles is 1. The quantitative estimate of drug-likeness (QED) is 0.818. The van der Waals surface area contributed by atoms with E-state index in [0.717, 1.165) is 24.1 Å². The van der Waals surface area contributed by atoms with E-state index in [4.69, 9.17) is 16.9 Å². The zero-order valence-corrected chi connectivity index (χ0v) is 9.42. The molecule has 0 aromatic heterocycles. The smallest absolute Gasteiger partial charge is 0.239 e. The summed E-state index contributed by atoms with van der Waals surface area (Å²) < 4.78 is 0. The first kappa shape index (κ1) is 11.0. The monoisotopic (exact) mass is 234 g/mol. The van der Waals surface area contributed by atoms with Crippen LogP contribution in [0.5, 0.6) is 0 Å². The number of carbonyl (C=O) groups excluding carboxylic acids is 1. The molecule has 1 aliphatic rings. The van der Waals surface area contributed by atoms with Gasteiger partial charge < -0.3 is 5.32 Å². The van der Waals surface area contributed by atoms with Gasteiger partial charge >= 0.3 is 0 Å². The van der Waals surface area contributed by atoms with Crippen molar-refractivity contribution >= 4 is 23.2 Å². The maximum Gasteiger partial charge on any atom is 0.239 e. The molecule has 1 N–H and O–H groups in total. The number of anilines is 1. The van der Waals surface area contributed by atoms with Crippen LogP contribution < -0.4 is 5.32 Å². The Morgan fingerprint density at radius 3 is 2.88 bits per heavy atom. The van der Waals surface area contributed by atoms with Crippen molar-refractivity contribution in [2.45, 2.75) is 18.8 Å². The second-order valence-electron chi connectivity index (χ2n) is 3.87. The fourth-order valence-corrected chi connectivity index (χ4v) is 1.73. The van der Waals surface area contributed by atoms with E-state index in [1.807, 2.05) is 6.07 Å². The molecule has 0 saturated heterocycles. The summed E-state index contributed by atoms with van der Waals surface area (Å²) in [6, 6.07) is 7.43. The number of halogens is 1. The predicted octanol–water partition coefficient (Wildman–Crippen LogP) is 2.61. The fraction of sp³-hybridized carbons (Fsp3) is 0.333. The van der Waals surface area contributed by atoms with Gasteiger partial charge in [0.15, 0.2) is 0 Å². The van der Waals surface area contributed by atoms with E-state index in [9.17, 15) is 4.79 Å². The van der Waals surface area contributed by atoms with Gasteiger partial charge in [-0.25, -0.2) is 0 Å². The molecule has 82 valence electrons. The highest BCUT2D eigenvalue weighted by molar-refractivity contribution is 6.29. The van der Waals surface area contributed by atoms with Gasteiger partial charge in [-0.2, -0.15) is 5.26 Å². The predicted molar refractivity (Wildman–Crippen MR) is 62.5 cm³/mol. The molecule has 3 nitrogen and oxygen atoms in total. The Labute approximate surface area is 99.0 Å². The van der Waals surface area contributed by atoms with Crippen molar-refractivity contribution in [2.75, 3.05) is 11.2 Å². The lowest BCUT2D eigenvalue weighted by atomic mass is 10.0. The highest BCUT2D eigenvalue weighted by atomic mass is 35.5. The lowest BCUT2D eigenvalue weighted by molar-refractivity contribution is -0.113. The molecule has 0 spiro atoms. The summed E-state index contributed by atoms with van der Waals surface area (Å²) in [4.78, 5) is 11.2. The molecule has 4 heteroatoms. The minimum absolute atomic E-state index is 0.0515. The summed E-state index contributed by atoms with van der Waals surface area (Å²) in [6.45, 7) is 0. The molecule has 0 radical (unpaired) electrons. The third-order valence-electron chi connectivity index (χ3n) is 2.59. The van der Waals surface area contributed by atoms with E-state index < -0.39 is 0 Å². The summed E-state index contributed by atoms with van der Waals surface area (Å²) in [6.07, 6.45) is 2.25. The van der Waals surface area contributed by atoms with E-state index in [-0.39, 0.29) is 11.8 Å². The summed E-state index contributed by atoms with van der Waals surface area (Å²) in [7, 11) is 0. The highest BCUT2D eigenvalue weighted by Gasteiger charge is 2.26. The third kappa shape index (κ3) is 2.34. The topological polar surface area (TPSA) is 52.9 Å². The molecule has 1 aliphatic carbocycles. The molecule has 0 unspecified atom stereocenters. The number of benzene rings is 1. The van der Waals surface area contributed by atoms with E-state index in [1.165, 1.54) is 0 Å². The number of carbonyl (C=O) groups is 1. The molecule has 1 aromatic carbocycles. The van der Waals surface area contributed by atoms with Crippen LogP contribution in [0.2, 0.25) is 0 Å². The van der Waals surface area contributed by atoms with Crippen LogP contribution in [-0.2, 0) is 4.79 Å². The van der Waals surface area contributed by atoms with E-state index >= 15 is 0 Å². The van der Waals surface area contributed by atoms with Crippen LogP contribution in [0.15, 0.2) is 18.2 Å². The normalized spacial score (nSPS) is 14.2. The largest absolute Gasteiger partial charge is 0.325 e. The van der Waals surface area contributed by atoms with Crippen molar-refractivity contribution in [1.82, 2.24) is 0 Å². The maximum absolute atomic E-state index is 11.2. The number of rotatable bonds is 3. The average Bonchev–Trinajstić information content (AvgIpc) is 3.13. The molecule has 0 bridgehead atoms. The van der Waals surface area contributed by atoms with Crippen molar-refractivity contribution in [3.8, 4) is 6.07 Å². The van der Waals surface area contributed by atoms with Gasteiger partial charge in [-0.3, -0.25) is 4.79 Å². The molecule has 1 aromatic rings. The molecule has 0 atom stereocenters. The Balaban J connectivity index is 2.29. The Kier molecular flexibility index (Phi) is 3.12. The molecule has 0 heterocycles. The maximum atomic E-state index is 11.2. The first-order valence-corrected chi connectivity index (χ1v) is 5.68. The van der Waals surface area contributed by atoms with Crippen molar-refractivity contribution in [3.63, 3.8) is 0 Å². The summed E-state index contributed by atoms with van der Waals surface area (Å²) in [5, 5.41) is 11.6. The van der Waals surface area contributed by atoms with Crippen LogP contribution in [0.1, 0.15) is 29.9 Å². The average molecular weight is 235 g/mol. The van der Waals surface area contributed by atoms with Gasteiger partial charge in [-0.05, 0) is 42.5 Å². The zero-order valence-electron chi connectivity index (χ0n) is 8.66. The second kappa shape index (κ2) is 4.54. The Bertz CT molecular complexity index is 461. The molecular formula is C12H11ClN2O. The Hall–Kier alpha value is -1.53. The minimum atomic E-state index is -0.215. The summed E-state index contributed by atoms with van der Waals surface area (Å²) in [5.41, 5.74) is 2.47. The molecular weight excluding hydrogens is 224 g/mol. The van der Waals surface area contributed by atoms with Crippen molar-refractivity contribution in [1.29, 1.82) is 5.26 Å². The molecule has 1 fully saturated rings. The molecule has 2 rings (SSSR count). The van der Waals surface area contributed by atoms with Crippen LogP contribution in [0, 0.1) is 11.3 Å². The van der Waals surface area contributed by atoms with Crippen LogP contribution in [-0.4, -0.2) is 11.8 Å². The van der Waals surface area contributed by atoms with E-state index in [1.54, 1.807) is 12.1 Å². The number of alkyl halides is 1. The van der Waals surface area contributed by atoms with Gasteiger partial charge in [-0.15, -0.1) is 11.6 Å². The van der Waals surface area contributed by atoms with Crippen molar-refractivity contribution in [2.24, 2.45) is 0 Å². The standard InChI is InChI=1S/C12H11ClN2O/c13-6-12(16)15-11-4-1-8(7-14)5-10(11)9-2-3-9/h1,4-5,9H,2-3,6H2,(H,15,16). The van der Waals surface area contributed by atoms with E-state index in [0.29, 0.717) is 11.5 Å². The van der Waals surface area contributed by atoms with Crippen molar-refractivity contribution in [3.05, 3.63) is 29.3 Å². The third-order valence-corrected chi connectivity index (χ3v) is 2.84. The van der Waals surface area contributed by atoms with Gasteiger partial charge in [0.05, 0.1) is 11.6 Å². The molecule has 16 heavy (non-hydrogen) atoms. The van der Waals surface area contributed by atoms with Crippen LogP contribution in [0.25, 0.3) is 0 Å². The first-order valence-electron chi connectivity index (χ1n) is 5.14. The van der Waals surface area contributed by atoms with Gasteiger partial charge in [0.1, 0.15) is 5.88 Å².